The molecule has 3 rings (SSSR count). The monoisotopic (exact) mass is 286 g/mol. The molecule has 0 aliphatic rings. The number of carbonyl (C=O) groups excluding carboxylic acids is 1. The summed E-state index contributed by atoms with van der Waals surface area (Å²) in [7, 11) is 1.78. The summed E-state index contributed by atoms with van der Waals surface area (Å²) in [5.41, 5.74) is 1.47. The normalized spacial score (nSPS) is 12.2. The van der Waals surface area contributed by atoms with Gasteiger partial charge < -0.3 is 4.57 Å². The van der Waals surface area contributed by atoms with E-state index in [1.807, 2.05) is 35.8 Å². The number of aryl methyl sites for hydroxylation is 2. The number of carbonyl (C=O) groups is 1. The fourth-order valence-corrected chi connectivity index (χ4v) is 3.18. The van der Waals surface area contributed by atoms with Crippen molar-refractivity contribution in [2.45, 2.75) is 13.5 Å². The molecule has 0 N–H and O–H groups in total. The highest BCUT2D eigenvalue weighted by molar-refractivity contribution is 7.16. The zero-order chi connectivity index (χ0) is 14.1. The van der Waals surface area contributed by atoms with Gasteiger partial charge in [0.15, 0.2) is 10.5 Å². The zero-order valence-electron chi connectivity index (χ0n) is 11.3. The zero-order valence-corrected chi connectivity index (χ0v) is 12.1. The predicted molar refractivity (Wildman–Crippen MR) is 78.6 cm³/mol. The second-order valence-electron chi connectivity index (χ2n) is 4.39. The predicted octanol–water partition coefficient (Wildman–Crippen LogP) is 2.20. The van der Waals surface area contributed by atoms with E-state index in [9.17, 15) is 4.79 Å². The number of para-hydroxylation sites is 1. The van der Waals surface area contributed by atoms with Crippen LogP contribution in [0.3, 0.4) is 0 Å². The minimum absolute atomic E-state index is 0.306. The Kier molecular flexibility index (Phi) is 3.23. The quantitative estimate of drug-likeness (QED) is 0.725. The van der Waals surface area contributed by atoms with Crippen molar-refractivity contribution in [3.05, 3.63) is 47.0 Å². The molecule has 3 aromatic rings. The summed E-state index contributed by atoms with van der Waals surface area (Å²) in [4.78, 5) is 17.1. The van der Waals surface area contributed by atoms with Gasteiger partial charge in [0, 0.05) is 19.8 Å². The Hall–Kier alpha value is -2.21. The summed E-state index contributed by atoms with van der Waals surface area (Å²) in [6.07, 6.45) is 1.74. The van der Waals surface area contributed by atoms with Crippen LogP contribution in [0.5, 0.6) is 0 Å². The molecule has 5 nitrogen and oxygen atoms in total. The maximum atomic E-state index is 12.1. The molecule has 20 heavy (non-hydrogen) atoms. The van der Waals surface area contributed by atoms with Gasteiger partial charge >= 0.3 is 0 Å². The molecule has 0 aliphatic heterocycles. The van der Waals surface area contributed by atoms with Gasteiger partial charge in [-0.25, -0.2) is 0 Å². The minimum Gasteiger partial charge on any atom is -0.317 e. The highest BCUT2D eigenvalue weighted by Crippen LogP contribution is 2.16. The van der Waals surface area contributed by atoms with Gasteiger partial charge in [-0.1, -0.05) is 23.5 Å². The van der Waals surface area contributed by atoms with E-state index < -0.39 is 0 Å². The van der Waals surface area contributed by atoms with E-state index >= 15 is 0 Å². The van der Waals surface area contributed by atoms with Crippen molar-refractivity contribution in [2.75, 3.05) is 0 Å². The lowest BCUT2D eigenvalue weighted by Crippen LogP contribution is -2.16. The molecule has 0 bridgehead atoms. The van der Waals surface area contributed by atoms with E-state index in [-0.39, 0.29) is 5.91 Å². The van der Waals surface area contributed by atoms with Crippen LogP contribution < -0.4 is 4.80 Å². The van der Waals surface area contributed by atoms with Crippen LogP contribution in [-0.2, 0) is 13.6 Å². The number of benzene rings is 1. The van der Waals surface area contributed by atoms with E-state index in [0.717, 1.165) is 16.8 Å². The van der Waals surface area contributed by atoms with Crippen molar-refractivity contribution in [3.8, 4) is 0 Å². The van der Waals surface area contributed by atoms with Crippen LogP contribution in [-0.4, -0.2) is 20.3 Å². The van der Waals surface area contributed by atoms with E-state index in [0.29, 0.717) is 10.5 Å². The molecule has 1 amide bonds. The van der Waals surface area contributed by atoms with E-state index in [1.165, 1.54) is 11.3 Å². The van der Waals surface area contributed by atoms with Gasteiger partial charge in [0.05, 0.1) is 10.2 Å². The molecule has 0 atom stereocenters. The number of nitrogens with zero attached hydrogens (tertiary/aromatic N) is 4. The van der Waals surface area contributed by atoms with Crippen LogP contribution in [0.15, 0.2) is 41.5 Å². The van der Waals surface area contributed by atoms with Gasteiger partial charge in [0.25, 0.3) is 5.91 Å². The third-order valence-corrected chi connectivity index (χ3v) is 4.09. The van der Waals surface area contributed by atoms with Crippen molar-refractivity contribution >= 4 is 27.5 Å². The first-order chi connectivity index (χ1) is 9.69. The highest BCUT2D eigenvalue weighted by atomic mass is 32.1. The molecule has 102 valence electrons. The fraction of sp³-hybridized carbons (Fsp3) is 0.214. The summed E-state index contributed by atoms with van der Waals surface area (Å²) in [5.74, 6) is -0.306. The number of rotatable bonds is 2. The van der Waals surface area contributed by atoms with E-state index in [2.05, 4.69) is 10.1 Å². The molecule has 0 unspecified atom stereocenters. The molecule has 1 aromatic carbocycles. The smallest absolute Gasteiger partial charge is 0.300 e. The van der Waals surface area contributed by atoms with Gasteiger partial charge in [-0.3, -0.25) is 9.48 Å². The second kappa shape index (κ2) is 5.05. The summed E-state index contributed by atoms with van der Waals surface area (Å²) >= 11 is 1.52. The number of aromatic nitrogens is 3. The maximum absolute atomic E-state index is 12.1. The van der Waals surface area contributed by atoms with Crippen LogP contribution in [0.25, 0.3) is 10.2 Å². The first-order valence-electron chi connectivity index (χ1n) is 6.36. The Morgan fingerprint density at radius 3 is 2.85 bits per heavy atom. The molecular formula is C14H14N4OS. The van der Waals surface area contributed by atoms with Gasteiger partial charge in [-0.2, -0.15) is 10.1 Å². The van der Waals surface area contributed by atoms with Crippen molar-refractivity contribution in [3.63, 3.8) is 0 Å². The summed E-state index contributed by atoms with van der Waals surface area (Å²) in [6.45, 7) is 2.82. The summed E-state index contributed by atoms with van der Waals surface area (Å²) in [5, 5.41) is 4.08. The Balaban J connectivity index is 2.13. The highest BCUT2D eigenvalue weighted by Gasteiger charge is 2.09. The van der Waals surface area contributed by atoms with Crippen LogP contribution in [0, 0.1) is 0 Å². The first-order valence-corrected chi connectivity index (χ1v) is 7.18. The molecule has 2 heterocycles. The molecule has 2 aromatic heterocycles. The summed E-state index contributed by atoms with van der Waals surface area (Å²) in [6, 6.07) is 9.74. The van der Waals surface area contributed by atoms with Crippen LogP contribution in [0.4, 0.5) is 0 Å². The Labute approximate surface area is 119 Å². The molecule has 0 spiro atoms. The van der Waals surface area contributed by atoms with Gasteiger partial charge in [0.1, 0.15) is 0 Å². The number of hydrogen-bond acceptors (Lipinski definition) is 3. The first kappa shape index (κ1) is 12.8. The van der Waals surface area contributed by atoms with Crippen molar-refractivity contribution in [1.82, 2.24) is 14.3 Å². The SMILES string of the molecule is CCn1c(=NC(=O)c2ccn(C)n2)sc2ccccc21. The molecule has 0 radical (unpaired) electrons. The lowest BCUT2D eigenvalue weighted by molar-refractivity contribution is 0.0992. The van der Waals surface area contributed by atoms with Crippen LogP contribution >= 0.6 is 11.3 Å². The molecule has 0 fully saturated rings. The Morgan fingerprint density at radius 2 is 2.15 bits per heavy atom. The lowest BCUT2D eigenvalue weighted by atomic mass is 10.3. The number of thiazole rings is 1. The van der Waals surface area contributed by atoms with Crippen molar-refractivity contribution < 1.29 is 4.79 Å². The average molecular weight is 286 g/mol. The Bertz CT molecular complexity index is 840. The fourth-order valence-electron chi connectivity index (χ4n) is 2.09. The van der Waals surface area contributed by atoms with Gasteiger partial charge in [-0.05, 0) is 25.1 Å². The minimum atomic E-state index is -0.306. The molecular weight excluding hydrogens is 272 g/mol. The topological polar surface area (TPSA) is 52.2 Å². The van der Waals surface area contributed by atoms with Crippen LogP contribution in [0.1, 0.15) is 17.4 Å². The second-order valence-corrected chi connectivity index (χ2v) is 5.40. The number of fused-ring (bicyclic) bond motifs is 1. The number of hydrogen-bond donors (Lipinski definition) is 0. The van der Waals surface area contributed by atoms with Crippen molar-refractivity contribution in [2.24, 2.45) is 12.0 Å². The largest absolute Gasteiger partial charge is 0.317 e. The van der Waals surface area contributed by atoms with E-state index in [1.54, 1.807) is 24.0 Å². The summed E-state index contributed by atoms with van der Waals surface area (Å²) < 4.78 is 4.77. The maximum Gasteiger partial charge on any atom is 0.300 e. The Morgan fingerprint density at radius 1 is 1.35 bits per heavy atom. The molecule has 0 aliphatic carbocycles. The lowest BCUT2D eigenvalue weighted by Gasteiger charge is -1.98. The standard InChI is InChI=1S/C14H14N4OS/c1-3-18-11-6-4-5-7-12(11)20-14(18)15-13(19)10-8-9-17(2)16-10/h4-9H,3H2,1-2H3. The third kappa shape index (κ3) is 2.18. The van der Waals surface area contributed by atoms with Crippen molar-refractivity contribution in [1.29, 1.82) is 0 Å². The average Bonchev–Trinajstić information content (AvgIpc) is 3.01. The number of amides is 1. The van der Waals surface area contributed by atoms with E-state index in [4.69, 9.17) is 0 Å². The van der Waals surface area contributed by atoms with Gasteiger partial charge in [-0.15, -0.1) is 0 Å². The molecule has 0 saturated carbocycles. The molecule has 0 saturated heterocycles. The molecule has 6 heteroatoms. The van der Waals surface area contributed by atoms with Gasteiger partial charge in [0.2, 0.25) is 0 Å². The van der Waals surface area contributed by atoms with Crippen LogP contribution in [0.2, 0.25) is 0 Å². The third-order valence-electron chi connectivity index (χ3n) is 3.03.